The van der Waals surface area contributed by atoms with Crippen LogP contribution in [-0.2, 0) is 9.47 Å². The maximum atomic E-state index is 13.7. The van der Waals surface area contributed by atoms with Crippen molar-refractivity contribution in [3.63, 3.8) is 0 Å². The molecule has 3 unspecified atom stereocenters. The lowest BCUT2D eigenvalue weighted by atomic mass is 10.1. The molecule has 3 atom stereocenters. The molecular weight excluding hydrogens is 327 g/mol. The predicted octanol–water partition coefficient (Wildman–Crippen LogP) is 1.93. The van der Waals surface area contributed by atoms with Crippen LogP contribution in [0.15, 0.2) is 22.7 Å². The molecule has 0 aromatic heterocycles. The minimum atomic E-state index is -0.272. The summed E-state index contributed by atoms with van der Waals surface area (Å²) in [6.45, 7) is 1.89. The topological polar surface area (TPSA) is 47.7 Å². The Kier molecular flexibility index (Phi) is 5.51. The van der Waals surface area contributed by atoms with Crippen LogP contribution in [0.4, 0.5) is 4.39 Å². The van der Waals surface area contributed by atoms with E-state index in [1.165, 1.54) is 6.07 Å². The van der Waals surface area contributed by atoms with Crippen molar-refractivity contribution < 1.29 is 13.9 Å². The van der Waals surface area contributed by atoms with Gasteiger partial charge in [0.2, 0.25) is 0 Å². The summed E-state index contributed by atoms with van der Waals surface area (Å²) in [6.07, 6.45) is 0.0451. The van der Waals surface area contributed by atoms with Gasteiger partial charge in [0.25, 0.3) is 0 Å². The van der Waals surface area contributed by atoms with Crippen LogP contribution in [0, 0.1) is 5.82 Å². The number of rotatable bonds is 5. The molecule has 1 aliphatic heterocycles. The van der Waals surface area contributed by atoms with Gasteiger partial charge in [0.15, 0.2) is 0 Å². The Morgan fingerprint density at radius 3 is 2.40 bits per heavy atom. The molecule has 2 rings (SSSR count). The molecular formula is C14H20BrFN2O2. The van der Waals surface area contributed by atoms with E-state index in [0.717, 1.165) is 18.7 Å². The van der Waals surface area contributed by atoms with Gasteiger partial charge in [0.1, 0.15) is 5.82 Å². The van der Waals surface area contributed by atoms with Gasteiger partial charge in [-0.2, -0.15) is 0 Å². The van der Waals surface area contributed by atoms with Crippen molar-refractivity contribution in [1.82, 2.24) is 4.90 Å². The quantitative estimate of drug-likeness (QED) is 0.884. The Balaban J connectivity index is 2.18. The second-order valence-corrected chi connectivity index (χ2v) is 5.78. The monoisotopic (exact) mass is 346 g/mol. The lowest BCUT2D eigenvalue weighted by Gasteiger charge is -2.27. The van der Waals surface area contributed by atoms with Crippen molar-refractivity contribution in [3.8, 4) is 0 Å². The highest BCUT2D eigenvalue weighted by molar-refractivity contribution is 9.10. The summed E-state index contributed by atoms with van der Waals surface area (Å²) in [4.78, 5) is 2.19. The summed E-state index contributed by atoms with van der Waals surface area (Å²) in [5.74, 6) is -0.272. The van der Waals surface area contributed by atoms with Gasteiger partial charge in [-0.1, -0.05) is 6.07 Å². The van der Waals surface area contributed by atoms with E-state index in [1.54, 1.807) is 20.3 Å². The van der Waals surface area contributed by atoms with E-state index in [4.69, 9.17) is 15.2 Å². The van der Waals surface area contributed by atoms with Gasteiger partial charge in [-0.25, -0.2) is 4.39 Å². The maximum Gasteiger partial charge on any atom is 0.137 e. The average molecular weight is 347 g/mol. The lowest BCUT2D eigenvalue weighted by molar-refractivity contribution is -0.00461. The number of methoxy groups -OCH3 is 2. The molecule has 1 aromatic carbocycles. The Bertz CT molecular complexity index is 449. The van der Waals surface area contributed by atoms with Crippen LogP contribution in [-0.4, -0.2) is 51.0 Å². The summed E-state index contributed by atoms with van der Waals surface area (Å²) in [6, 6.07) is 5.11. The van der Waals surface area contributed by atoms with E-state index in [-0.39, 0.29) is 24.1 Å². The number of nitrogens with two attached hydrogens (primary N) is 1. The molecule has 20 heavy (non-hydrogen) atoms. The van der Waals surface area contributed by atoms with Crippen LogP contribution in [0.1, 0.15) is 11.6 Å². The molecule has 1 aromatic rings. The number of ether oxygens (including phenoxy) is 2. The highest BCUT2D eigenvalue weighted by atomic mass is 79.9. The first-order chi connectivity index (χ1) is 9.60. The SMILES string of the molecule is COC1CN(C(CN)c2ccc(Br)c(F)c2)CC1OC. The Labute approximate surface area is 127 Å². The molecule has 4 nitrogen and oxygen atoms in total. The molecule has 0 saturated carbocycles. The van der Waals surface area contributed by atoms with Crippen LogP contribution >= 0.6 is 15.9 Å². The largest absolute Gasteiger partial charge is 0.377 e. The molecule has 0 radical (unpaired) electrons. The van der Waals surface area contributed by atoms with Gasteiger partial charge in [-0.15, -0.1) is 0 Å². The summed E-state index contributed by atoms with van der Waals surface area (Å²) in [5, 5.41) is 0. The Morgan fingerprint density at radius 1 is 1.35 bits per heavy atom. The predicted molar refractivity (Wildman–Crippen MR) is 79.1 cm³/mol. The van der Waals surface area contributed by atoms with Crippen molar-refractivity contribution in [3.05, 3.63) is 34.1 Å². The molecule has 0 amide bonds. The van der Waals surface area contributed by atoms with Crippen molar-refractivity contribution >= 4 is 15.9 Å². The molecule has 1 saturated heterocycles. The number of benzene rings is 1. The van der Waals surface area contributed by atoms with E-state index in [0.29, 0.717) is 11.0 Å². The van der Waals surface area contributed by atoms with E-state index in [9.17, 15) is 4.39 Å². The average Bonchev–Trinajstić information content (AvgIpc) is 2.86. The molecule has 1 aliphatic rings. The van der Waals surface area contributed by atoms with Gasteiger partial charge < -0.3 is 15.2 Å². The first-order valence-electron chi connectivity index (χ1n) is 6.55. The van der Waals surface area contributed by atoms with Gasteiger partial charge in [0, 0.05) is 39.9 Å². The smallest absolute Gasteiger partial charge is 0.137 e. The van der Waals surface area contributed by atoms with Crippen LogP contribution in [0.5, 0.6) is 0 Å². The van der Waals surface area contributed by atoms with Crippen LogP contribution in [0.2, 0.25) is 0 Å². The number of hydrogen-bond donors (Lipinski definition) is 1. The number of halogens is 2. The van der Waals surface area contributed by atoms with Gasteiger partial charge >= 0.3 is 0 Å². The van der Waals surface area contributed by atoms with E-state index in [1.807, 2.05) is 6.07 Å². The zero-order valence-electron chi connectivity index (χ0n) is 11.7. The molecule has 0 aliphatic carbocycles. The number of hydrogen-bond acceptors (Lipinski definition) is 4. The molecule has 1 fully saturated rings. The van der Waals surface area contributed by atoms with Crippen molar-refractivity contribution in [2.45, 2.75) is 18.2 Å². The van der Waals surface area contributed by atoms with Crippen molar-refractivity contribution in [2.75, 3.05) is 33.9 Å². The first-order valence-corrected chi connectivity index (χ1v) is 7.34. The van der Waals surface area contributed by atoms with Crippen LogP contribution in [0.3, 0.4) is 0 Å². The number of nitrogens with zero attached hydrogens (tertiary/aromatic N) is 1. The highest BCUT2D eigenvalue weighted by Crippen LogP contribution is 2.28. The third-order valence-corrected chi connectivity index (χ3v) is 4.48. The van der Waals surface area contributed by atoms with Gasteiger partial charge in [0.05, 0.1) is 16.7 Å². The third kappa shape index (κ3) is 3.20. The van der Waals surface area contributed by atoms with E-state index < -0.39 is 0 Å². The van der Waals surface area contributed by atoms with E-state index >= 15 is 0 Å². The third-order valence-electron chi connectivity index (χ3n) is 3.84. The lowest BCUT2D eigenvalue weighted by Crippen LogP contribution is -2.33. The van der Waals surface area contributed by atoms with Crippen molar-refractivity contribution in [2.24, 2.45) is 5.73 Å². The second kappa shape index (κ2) is 6.95. The fourth-order valence-electron chi connectivity index (χ4n) is 2.69. The molecule has 2 N–H and O–H groups in total. The zero-order chi connectivity index (χ0) is 14.7. The van der Waals surface area contributed by atoms with Crippen LogP contribution < -0.4 is 5.73 Å². The van der Waals surface area contributed by atoms with E-state index in [2.05, 4.69) is 20.8 Å². The summed E-state index contributed by atoms with van der Waals surface area (Å²) in [7, 11) is 3.36. The Hall–Kier alpha value is -0.530. The van der Waals surface area contributed by atoms with Crippen LogP contribution in [0.25, 0.3) is 0 Å². The fourth-order valence-corrected chi connectivity index (χ4v) is 2.94. The molecule has 112 valence electrons. The minimum absolute atomic E-state index is 0.0225. The summed E-state index contributed by atoms with van der Waals surface area (Å²) >= 11 is 3.17. The number of likely N-dealkylation sites (tertiary alicyclic amines) is 1. The fraction of sp³-hybridized carbons (Fsp3) is 0.571. The zero-order valence-corrected chi connectivity index (χ0v) is 13.3. The maximum absolute atomic E-state index is 13.7. The molecule has 6 heteroatoms. The molecule has 0 spiro atoms. The first kappa shape index (κ1) is 15.9. The summed E-state index contributed by atoms with van der Waals surface area (Å²) in [5.41, 5.74) is 6.76. The minimum Gasteiger partial charge on any atom is -0.377 e. The normalized spacial score (nSPS) is 25.1. The van der Waals surface area contributed by atoms with Gasteiger partial charge in [-0.3, -0.25) is 4.90 Å². The summed E-state index contributed by atoms with van der Waals surface area (Å²) < 4.78 is 25.0. The molecule has 1 heterocycles. The highest BCUT2D eigenvalue weighted by Gasteiger charge is 2.36. The second-order valence-electron chi connectivity index (χ2n) is 4.93. The Morgan fingerprint density at radius 2 is 1.95 bits per heavy atom. The van der Waals surface area contributed by atoms with Gasteiger partial charge in [-0.05, 0) is 33.6 Å². The van der Waals surface area contributed by atoms with Crippen molar-refractivity contribution in [1.29, 1.82) is 0 Å². The standard InChI is InChI=1S/C14H20BrFN2O2/c1-19-13-7-18(8-14(13)20-2)12(6-17)9-3-4-10(15)11(16)5-9/h3-5,12-14H,6-8,17H2,1-2H3. The molecule has 0 bridgehead atoms.